The fraction of sp³-hybridized carbons (Fsp3) is 0.423. The van der Waals surface area contributed by atoms with E-state index in [2.05, 4.69) is 6.58 Å². The molecule has 7 aliphatic rings. The highest BCUT2D eigenvalue weighted by Crippen LogP contribution is 2.81. The maximum Gasteiger partial charge on any atom is 0.343 e. The van der Waals surface area contributed by atoms with Crippen LogP contribution < -0.4 is 9.47 Å². The predicted octanol–water partition coefficient (Wildman–Crippen LogP) is 5.95. The summed E-state index contributed by atoms with van der Waals surface area (Å²) in [6, 6.07) is 13.1. The van der Waals surface area contributed by atoms with Crippen LogP contribution in [0.4, 0.5) is 4.39 Å². The fourth-order valence-corrected chi connectivity index (χ4v) is 7.67. The van der Waals surface area contributed by atoms with Gasteiger partial charge in [0.1, 0.15) is 11.4 Å². The molecule has 9 rings (SSSR count). The van der Waals surface area contributed by atoms with Gasteiger partial charge in [0.05, 0.1) is 5.56 Å². The van der Waals surface area contributed by atoms with Gasteiger partial charge in [-0.15, -0.1) is 0 Å². The molecule has 7 saturated carbocycles. The van der Waals surface area contributed by atoms with E-state index in [0.717, 1.165) is 38.0 Å². The molecule has 2 aromatic carbocycles. The summed E-state index contributed by atoms with van der Waals surface area (Å²) < 4.78 is 26.8. The minimum absolute atomic E-state index is 0.0752. The molecule has 3 atom stereocenters. The first-order valence-corrected chi connectivity index (χ1v) is 10.9. The Bertz CT molecular complexity index is 1030. The molecule has 7 aliphatic carbocycles. The molecule has 0 aromatic heterocycles. The zero-order valence-corrected chi connectivity index (χ0v) is 16.9. The molecule has 0 amide bonds. The Kier molecular flexibility index (Phi) is 3.61. The minimum atomic E-state index is -0.547. The molecule has 154 valence electrons. The third kappa shape index (κ3) is 2.33. The summed E-state index contributed by atoms with van der Waals surface area (Å²) in [5.74, 6) is 0.761. The Labute approximate surface area is 175 Å². The molecule has 2 spiro atoms. The van der Waals surface area contributed by atoms with Crippen LogP contribution in [0.5, 0.6) is 11.5 Å². The second-order valence-electron chi connectivity index (χ2n) is 9.99. The molecular formula is C26H25FO3. The molecule has 0 aliphatic heterocycles. The summed E-state index contributed by atoms with van der Waals surface area (Å²) in [5.41, 5.74) is 0.308. The van der Waals surface area contributed by atoms with Crippen LogP contribution in [0.2, 0.25) is 0 Å². The van der Waals surface area contributed by atoms with Gasteiger partial charge in [0.25, 0.3) is 0 Å². The zero-order chi connectivity index (χ0) is 20.6. The van der Waals surface area contributed by atoms with Crippen LogP contribution in [-0.2, 0) is 0 Å². The Balaban J connectivity index is 1.31. The zero-order valence-electron chi connectivity index (χ0n) is 16.9. The van der Waals surface area contributed by atoms with E-state index < -0.39 is 17.4 Å². The van der Waals surface area contributed by atoms with Crippen LogP contribution in [-0.4, -0.2) is 11.6 Å². The lowest BCUT2D eigenvalue weighted by atomic mass is 9.28. The summed E-state index contributed by atoms with van der Waals surface area (Å²) in [5, 5.41) is 0. The number of esters is 1. The molecule has 2 aromatic rings. The molecule has 30 heavy (non-hydrogen) atoms. The van der Waals surface area contributed by atoms with Crippen molar-refractivity contribution < 1.29 is 18.7 Å². The number of rotatable bonds is 5. The summed E-state index contributed by atoms with van der Waals surface area (Å²) >= 11 is 0. The van der Waals surface area contributed by atoms with Crippen molar-refractivity contribution >= 4 is 5.97 Å². The monoisotopic (exact) mass is 404 g/mol. The largest absolute Gasteiger partial charge is 0.479 e. The second kappa shape index (κ2) is 5.96. The van der Waals surface area contributed by atoms with E-state index in [0.29, 0.717) is 17.1 Å². The first-order chi connectivity index (χ1) is 14.5. The quantitative estimate of drug-likeness (QED) is 0.351. The highest BCUT2D eigenvalue weighted by molar-refractivity contribution is 5.91. The Morgan fingerprint density at radius 3 is 2.60 bits per heavy atom. The van der Waals surface area contributed by atoms with Gasteiger partial charge in [0.15, 0.2) is 11.6 Å². The van der Waals surface area contributed by atoms with E-state index >= 15 is 0 Å². The topological polar surface area (TPSA) is 35.5 Å². The van der Waals surface area contributed by atoms with E-state index in [9.17, 15) is 9.18 Å². The highest BCUT2D eigenvalue weighted by atomic mass is 19.1. The van der Waals surface area contributed by atoms with Gasteiger partial charge in [-0.25, -0.2) is 9.18 Å². The summed E-state index contributed by atoms with van der Waals surface area (Å²) in [7, 11) is 0. The van der Waals surface area contributed by atoms with Crippen molar-refractivity contribution in [1.29, 1.82) is 0 Å². The summed E-state index contributed by atoms with van der Waals surface area (Å²) in [6.45, 7) is 4.15. The van der Waals surface area contributed by atoms with Crippen LogP contribution >= 0.6 is 0 Å². The average Bonchev–Trinajstić information content (AvgIpc) is 2.71. The van der Waals surface area contributed by atoms with E-state index in [4.69, 9.17) is 9.47 Å². The molecule has 4 bridgehead atoms. The first kappa shape index (κ1) is 18.2. The molecule has 0 heterocycles. The SMILES string of the molecule is C=CC1(Oc2cc(C(=O)Oc3ccccc3)ccc2F)C2CC3CC4(C2)CC1(C3)C4. The van der Waals surface area contributed by atoms with E-state index in [1.165, 1.54) is 24.6 Å². The standard InChI is InChI=1S/C26H25FO3/c1-2-26(19-10-17-12-24(14-19)15-25(26,13-17)16-24)30-22-11-18(8-9-21(22)27)23(28)29-20-6-4-3-5-7-20/h2-9,11,17,19H,1,10,12-16H2. The summed E-state index contributed by atoms with van der Waals surface area (Å²) in [6.07, 6.45) is 9.05. The van der Waals surface area contributed by atoms with Gasteiger partial charge in [-0.2, -0.15) is 0 Å². The molecule has 0 N–H and O–H groups in total. The molecule has 4 heteroatoms. The number of hydrogen-bond acceptors (Lipinski definition) is 3. The van der Waals surface area contributed by atoms with Crippen molar-refractivity contribution in [2.75, 3.05) is 0 Å². The minimum Gasteiger partial charge on any atom is -0.479 e. The van der Waals surface area contributed by atoms with E-state index in [1.807, 2.05) is 12.1 Å². The lowest BCUT2D eigenvalue weighted by Crippen LogP contribution is -2.76. The number of carbonyl (C=O) groups excluding carboxylic acids is 1. The van der Waals surface area contributed by atoms with Crippen molar-refractivity contribution in [2.45, 2.75) is 44.1 Å². The average molecular weight is 404 g/mol. The van der Waals surface area contributed by atoms with Gasteiger partial charge < -0.3 is 9.47 Å². The van der Waals surface area contributed by atoms with Crippen molar-refractivity contribution in [2.24, 2.45) is 22.7 Å². The van der Waals surface area contributed by atoms with Gasteiger partial charge in [-0.05, 0) is 86.3 Å². The van der Waals surface area contributed by atoms with Gasteiger partial charge >= 0.3 is 5.97 Å². The normalized spacial score (nSPS) is 37.4. The second-order valence-corrected chi connectivity index (χ2v) is 9.99. The van der Waals surface area contributed by atoms with Crippen LogP contribution in [0.1, 0.15) is 48.9 Å². The van der Waals surface area contributed by atoms with Crippen molar-refractivity contribution in [3.63, 3.8) is 0 Å². The van der Waals surface area contributed by atoms with Gasteiger partial charge in [-0.1, -0.05) is 24.8 Å². The van der Waals surface area contributed by atoms with Crippen LogP contribution in [0, 0.1) is 28.5 Å². The number of hydrogen-bond donors (Lipinski definition) is 0. The number of carbonyl (C=O) groups is 1. The third-order valence-electron chi connectivity index (χ3n) is 8.26. The number of benzene rings is 2. The van der Waals surface area contributed by atoms with Gasteiger partial charge in [-0.3, -0.25) is 0 Å². The lowest BCUT2D eigenvalue weighted by molar-refractivity contribution is -0.304. The summed E-state index contributed by atoms with van der Waals surface area (Å²) in [4.78, 5) is 12.6. The number of ether oxygens (including phenoxy) is 2. The van der Waals surface area contributed by atoms with E-state index in [1.54, 1.807) is 24.3 Å². The van der Waals surface area contributed by atoms with Crippen LogP contribution in [0.3, 0.4) is 0 Å². The Morgan fingerprint density at radius 1 is 1.10 bits per heavy atom. The molecule has 3 nitrogen and oxygen atoms in total. The Hall–Kier alpha value is -2.62. The van der Waals surface area contributed by atoms with Crippen molar-refractivity contribution in [1.82, 2.24) is 0 Å². The maximum atomic E-state index is 14.8. The maximum absolute atomic E-state index is 14.8. The molecule has 0 radical (unpaired) electrons. The smallest absolute Gasteiger partial charge is 0.343 e. The molecule has 0 saturated heterocycles. The number of halogens is 1. The fourth-order valence-electron chi connectivity index (χ4n) is 7.67. The first-order valence-electron chi connectivity index (χ1n) is 10.9. The molecule has 3 unspecified atom stereocenters. The van der Waals surface area contributed by atoms with Crippen molar-refractivity contribution in [3.8, 4) is 11.5 Å². The lowest BCUT2D eigenvalue weighted by Gasteiger charge is -2.78. The highest BCUT2D eigenvalue weighted by Gasteiger charge is 2.77. The van der Waals surface area contributed by atoms with Crippen LogP contribution in [0.25, 0.3) is 0 Å². The van der Waals surface area contributed by atoms with Crippen molar-refractivity contribution in [3.05, 3.63) is 72.6 Å². The van der Waals surface area contributed by atoms with Crippen LogP contribution in [0.15, 0.2) is 61.2 Å². The third-order valence-corrected chi connectivity index (χ3v) is 8.26. The number of para-hydroxylation sites is 1. The molecular weight excluding hydrogens is 379 g/mol. The Morgan fingerprint density at radius 2 is 1.90 bits per heavy atom. The van der Waals surface area contributed by atoms with Gasteiger partial charge in [0, 0.05) is 11.3 Å². The van der Waals surface area contributed by atoms with Gasteiger partial charge in [0.2, 0.25) is 0 Å². The molecule has 7 fully saturated rings. The predicted molar refractivity (Wildman–Crippen MR) is 111 cm³/mol. The van der Waals surface area contributed by atoms with E-state index in [-0.39, 0.29) is 16.7 Å².